The van der Waals surface area contributed by atoms with Crippen molar-refractivity contribution in [1.82, 2.24) is 5.32 Å². The maximum atomic E-state index is 12.8. The number of rotatable bonds is 7. The van der Waals surface area contributed by atoms with Gasteiger partial charge in [-0.05, 0) is 61.9 Å². The molecule has 0 radical (unpaired) electrons. The largest absolute Gasteiger partial charge is 0.480 e. The van der Waals surface area contributed by atoms with Crippen molar-refractivity contribution in [3.63, 3.8) is 0 Å². The third-order valence-electron chi connectivity index (χ3n) is 6.95. The Bertz CT molecular complexity index is 1530. The van der Waals surface area contributed by atoms with Gasteiger partial charge in [0.05, 0.1) is 0 Å². The van der Waals surface area contributed by atoms with Crippen LogP contribution < -0.4 is 10.9 Å². The number of benzene rings is 2. The molecule has 36 heavy (non-hydrogen) atoms. The van der Waals surface area contributed by atoms with Crippen molar-refractivity contribution >= 4 is 45.4 Å². The van der Waals surface area contributed by atoms with Gasteiger partial charge >= 0.3 is 11.6 Å². The summed E-state index contributed by atoms with van der Waals surface area (Å²) in [6.45, 7) is 1.85. The first-order valence-corrected chi connectivity index (χ1v) is 12.4. The number of carboxylic acids is 1. The molecule has 8 heteroatoms. The van der Waals surface area contributed by atoms with Crippen LogP contribution in [0.15, 0.2) is 50.0 Å². The van der Waals surface area contributed by atoms with Gasteiger partial charge in [-0.15, -0.1) is 0 Å². The van der Waals surface area contributed by atoms with Crippen LogP contribution in [0.2, 0.25) is 5.02 Å². The van der Waals surface area contributed by atoms with Crippen LogP contribution >= 0.6 is 11.6 Å². The molecule has 1 atom stereocenters. The molecule has 1 aliphatic carbocycles. The standard InChI is InChI=1S/C28H26ClNO6/c1-15-18(10-11-26(31)30-22(27(32)33)12-16-6-8-17(29)9-7-16)28(34)36-24-14-25-21(13-20(15)24)19-4-2-3-5-23(19)35-25/h6-9,13-14,22H,2-5,10-12H2,1H3,(H,30,31)(H,32,33)/t22-/m0/s1. The Morgan fingerprint density at radius 1 is 1.06 bits per heavy atom. The minimum atomic E-state index is -1.13. The van der Waals surface area contributed by atoms with Gasteiger partial charge in [-0.3, -0.25) is 4.79 Å². The molecule has 1 amide bonds. The first-order chi connectivity index (χ1) is 17.3. The number of nitrogens with one attached hydrogen (secondary N) is 1. The van der Waals surface area contributed by atoms with Gasteiger partial charge in [0.15, 0.2) is 0 Å². The fourth-order valence-electron chi connectivity index (χ4n) is 4.99. The Labute approximate surface area is 212 Å². The molecule has 2 N–H and O–H groups in total. The average molecular weight is 508 g/mol. The number of hydrogen-bond donors (Lipinski definition) is 2. The predicted octanol–water partition coefficient (Wildman–Crippen LogP) is 5.12. The van der Waals surface area contributed by atoms with E-state index in [0.29, 0.717) is 16.2 Å². The first-order valence-electron chi connectivity index (χ1n) is 12.1. The highest BCUT2D eigenvalue weighted by atomic mass is 35.5. The van der Waals surface area contributed by atoms with Crippen molar-refractivity contribution in [2.75, 3.05) is 0 Å². The maximum Gasteiger partial charge on any atom is 0.339 e. The van der Waals surface area contributed by atoms with E-state index >= 15 is 0 Å². The van der Waals surface area contributed by atoms with E-state index in [9.17, 15) is 19.5 Å². The smallest absolute Gasteiger partial charge is 0.339 e. The third-order valence-corrected chi connectivity index (χ3v) is 7.20. The number of carboxylic acid groups (broad SMARTS) is 1. The Balaban J connectivity index is 1.35. The number of fused-ring (bicyclic) bond motifs is 4. The number of furan rings is 1. The molecule has 2 heterocycles. The van der Waals surface area contributed by atoms with Gasteiger partial charge in [-0.1, -0.05) is 23.7 Å². The van der Waals surface area contributed by atoms with Crippen molar-refractivity contribution in [3.05, 3.63) is 79.9 Å². The molecule has 4 aromatic rings. The second kappa shape index (κ2) is 9.82. The Morgan fingerprint density at radius 2 is 1.78 bits per heavy atom. The van der Waals surface area contributed by atoms with Crippen molar-refractivity contribution < 1.29 is 23.5 Å². The molecular weight excluding hydrogens is 482 g/mol. The van der Waals surface area contributed by atoms with Crippen LogP contribution in [0.3, 0.4) is 0 Å². The van der Waals surface area contributed by atoms with Crippen LogP contribution in [-0.2, 0) is 35.3 Å². The summed E-state index contributed by atoms with van der Waals surface area (Å²) in [5.74, 6) is -0.572. The van der Waals surface area contributed by atoms with Crippen molar-refractivity contribution in [1.29, 1.82) is 0 Å². The van der Waals surface area contributed by atoms with Crippen LogP contribution in [0, 0.1) is 6.92 Å². The van der Waals surface area contributed by atoms with E-state index in [0.717, 1.165) is 58.9 Å². The topological polar surface area (TPSA) is 110 Å². The number of aliphatic carboxylic acids is 1. The summed E-state index contributed by atoms with van der Waals surface area (Å²) in [5, 5.41) is 14.5. The highest BCUT2D eigenvalue weighted by molar-refractivity contribution is 6.30. The Hall–Kier alpha value is -3.58. The fourth-order valence-corrected chi connectivity index (χ4v) is 5.12. The minimum absolute atomic E-state index is 0.0368. The zero-order valence-corrected chi connectivity index (χ0v) is 20.6. The van der Waals surface area contributed by atoms with Gasteiger partial charge in [0, 0.05) is 52.3 Å². The van der Waals surface area contributed by atoms with Crippen molar-refractivity contribution in [3.8, 4) is 0 Å². The fraction of sp³-hybridized carbons (Fsp3) is 0.321. The van der Waals surface area contributed by atoms with Crippen molar-refractivity contribution in [2.24, 2.45) is 0 Å². The lowest BCUT2D eigenvalue weighted by Gasteiger charge is -2.15. The SMILES string of the molecule is Cc1c(CCC(=O)N[C@@H](Cc2ccc(Cl)cc2)C(=O)O)c(=O)oc2cc3oc4c(c3cc12)CCCC4. The van der Waals surface area contributed by atoms with Gasteiger partial charge < -0.3 is 19.3 Å². The molecule has 0 saturated carbocycles. The molecule has 0 saturated heterocycles. The molecule has 0 unspecified atom stereocenters. The summed E-state index contributed by atoms with van der Waals surface area (Å²) < 4.78 is 11.6. The minimum Gasteiger partial charge on any atom is -0.480 e. The molecular formula is C28H26ClNO6. The molecule has 5 rings (SSSR count). The molecule has 0 fully saturated rings. The van der Waals surface area contributed by atoms with Gasteiger partial charge in [-0.2, -0.15) is 0 Å². The summed E-state index contributed by atoms with van der Waals surface area (Å²) in [7, 11) is 0. The van der Waals surface area contributed by atoms with Crippen LogP contribution in [0.5, 0.6) is 0 Å². The Kier molecular flexibility index (Phi) is 6.58. The van der Waals surface area contributed by atoms with Crippen LogP contribution in [-0.4, -0.2) is 23.0 Å². The van der Waals surface area contributed by atoms with Crippen LogP contribution in [0.1, 0.15) is 47.3 Å². The summed E-state index contributed by atoms with van der Waals surface area (Å²) in [4.78, 5) is 37.1. The lowest BCUT2D eigenvalue weighted by Crippen LogP contribution is -2.42. The van der Waals surface area contributed by atoms with Gasteiger partial charge in [0.1, 0.15) is 23.0 Å². The summed E-state index contributed by atoms with van der Waals surface area (Å²) in [6, 6.07) is 9.51. The second-order valence-electron chi connectivity index (χ2n) is 9.34. The van der Waals surface area contributed by atoms with Crippen LogP contribution in [0.25, 0.3) is 21.9 Å². The molecule has 1 aliphatic rings. The molecule has 0 aliphatic heterocycles. The van der Waals surface area contributed by atoms with E-state index in [2.05, 4.69) is 5.32 Å². The highest BCUT2D eigenvalue weighted by Crippen LogP contribution is 2.35. The average Bonchev–Trinajstić information content (AvgIpc) is 3.21. The Morgan fingerprint density at radius 3 is 2.53 bits per heavy atom. The number of amides is 1. The number of carbonyl (C=O) groups excluding carboxylic acids is 1. The first kappa shape index (κ1) is 24.1. The normalized spacial score (nSPS) is 14.1. The van der Waals surface area contributed by atoms with E-state index in [-0.39, 0.29) is 19.3 Å². The number of halogens is 1. The van der Waals surface area contributed by atoms with E-state index < -0.39 is 23.5 Å². The lowest BCUT2D eigenvalue weighted by atomic mass is 9.94. The zero-order chi connectivity index (χ0) is 25.4. The monoisotopic (exact) mass is 507 g/mol. The predicted molar refractivity (Wildman–Crippen MR) is 137 cm³/mol. The molecule has 0 spiro atoms. The number of carbonyl (C=O) groups is 2. The van der Waals surface area contributed by atoms with Gasteiger partial charge in [-0.25, -0.2) is 9.59 Å². The van der Waals surface area contributed by atoms with Crippen molar-refractivity contribution in [2.45, 2.75) is 57.9 Å². The summed E-state index contributed by atoms with van der Waals surface area (Å²) in [6.07, 6.45) is 4.35. The number of hydrogen-bond acceptors (Lipinski definition) is 5. The second-order valence-corrected chi connectivity index (χ2v) is 9.77. The zero-order valence-electron chi connectivity index (χ0n) is 19.9. The molecule has 2 aromatic heterocycles. The summed E-state index contributed by atoms with van der Waals surface area (Å²) >= 11 is 5.89. The van der Waals surface area contributed by atoms with E-state index in [1.54, 1.807) is 30.3 Å². The third kappa shape index (κ3) is 4.75. The molecule has 7 nitrogen and oxygen atoms in total. The van der Waals surface area contributed by atoms with E-state index in [1.165, 1.54) is 5.56 Å². The molecule has 2 aromatic carbocycles. The maximum absolute atomic E-state index is 12.8. The molecule has 0 bridgehead atoms. The molecule has 186 valence electrons. The van der Waals surface area contributed by atoms with Gasteiger partial charge in [0.25, 0.3) is 0 Å². The van der Waals surface area contributed by atoms with Crippen LogP contribution in [0.4, 0.5) is 0 Å². The number of aryl methyl sites for hydroxylation is 3. The quantitative estimate of drug-likeness (QED) is 0.336. The lowest BCUT2D eigenvalue weighted by molar-refractivity contribution is -0.141. The highest BCUT2D eigenvalue weighted by Gasteiger charge is 2.23. The van der Waals surface area contributed by atoms with Gasteiger partial charge in [0.2, 0.25) is 5.91 Å². The van der Waals surface area contributed by atoms with E-state index in [4.69, 9.17) is 20.4 Å². The summed E-state index contributed by atoms with van der Waals surface area (Å²) in [5.41, 5.74) is 3.83. The van der Waals surface area contributed by atoms with E-state index in [1.807, 2.05) is 13.0 Å².